The molecule has 2 amide bonds. The Hall–Kier alpha value is -2.12. The maximum Gasteiger partial charge on any atom is 0.319 e. The zero-order chi connectivity index (χ0) is 15.2. The van der Waals surface area contributed by atoms with E-state index in [2.05, 4.69) is 20.5 Å². The quantitative estimate of drug-likeness (QED) is 0.908. The number of urea groups is 1. The van der Waals surface area contributed by atoms with Gasteiger partial charge in [0.15, 0.2) is 0 Å². The molecule has 1 saturated heterocycles. The molecule has 0 atom stereocenters. The van der Waals surface area contributed by atoms with Gasteiger partial charge in [0, 0.05) is 35.5 Å². The third-order valence-corrected chi connectivity index (χ3v) is 4.17. The number of anilines is 2. The Bertz CT molecular complexity index is 612. The van der Waals surface area contributed by atoms with E-state index in [1.165, 1.54) is 11.3 Å². The van der Waals surface area contributed by atoms with Crippen LogP contribution in [0.3, 0.4) is 0 Å². The average Bonchev–Trinajstić information content (AvgIpc) is 3.08. The molecule has 1 aliphatic heterocycles. The standard InChI is InChI=1S/C15H18N4O2S/c20-15(17-10-14-9-16-11-22-14)18-12-2-1-3-13(8-12)19-4-6-21-7-5-19/h1-3,8-9,11H,4-7,10H2,(H2,17,18,20). The zero-order valence-corrected chi connectivity index (χ0v) is 12.9. The van der Waals surface area contributed by atoms with E-state index in [4.69, 9.17) is 4.74 Å². The van der Waals surface area contributed by atoms with E-state index in [-0.39, 0.29) is 6.03 Å². The number of rotatable bonds is 4. The number of thiazole rings is 1. The third-order valence-electron chi connectivity index (χ3n) is 3.39. The summed E-state index contributed by atoms with van der Waals surface area (Å²) in [4.78, 5) is 19.2. The molecular formula is C15H18N4O2S. The number of morpholine rings is 1. The normalized spacial score (nSPS) is 14.6. The van der Waals surface area contributed by atoms with Crippen molar-refractivity contribution < 1.29 is 9.53 Å². The van der Waals surface area contributed by atoms with Crippen LogP contribution in [-0.2, 0) is 11.3 Å². The van der Waals surface area contributed by atoms with Crippen molar-refractivity contribution in [1.82, 2.24) is 10.3 Å². The van der Waals surface area contributed by atoms with Crippen LogP contribution in [0.25, 0.3) is 0 Å². The summed E-state index contributed by atoms with van der Waals surface area (Å²) in [5, 5.41) is 5.68. The number of carbonyl (C=O) groups excluding carboxylic acids is 1. The van der Waals surface area contributed by atoms with Crippen molar-refractivity contribution in [3.05, 3.63) is 40.8 Å². The van der Waals surface area contributed by atoms with Crippen LogP contribution in [0.4, 0.5) is 16.2 Å². The fourth-order valence-corrected chi connectivity index (χ4v) is 2.81. The van der Waals surface area contributed by atoms with E-state index in [1.54, 1.807) is 11.7 Å². The summed E-state index contributed by atoms with van der Waals surface area (Å²) in [6.07, 6.45) is 1.75. The molecule has 1 fully saturated rings. The smallest absolute Gasteiger partial charge is 0.319 e. The summed E-state index contributed by atoms with van der Waals surface area (Å²) >= 11 is 1.52. The molecule has 0 spiro atoms. The number of carbonyl (C=O) groups is 1. The minimum Gasteiger partial charge on any atom is -0.378 e. The van der Waals surface area contributed by atoms with Crippen molar-refractivity contribution in [1.29, 1.82) is 0 Å². The molecule has 0 aliphatic carbocycles. The van der Waals surface area contributed by atoms with E-state index >= 15 is 0 Å². The SMILES string of the molecule is O=C(NCc1cncs1)Nc1cccc(N2CCOCC2)c1. The van der Waals surface area contributed by atoms with Crippen molar-refractivity contribution in [2.24, 2.45) is 0 Å². The maximum atomic E-state index is 11.9. The van der Waals surface area contributed by atoms with Crippen LogP contribution in [0.2, 0.25) is 0 Å². The van der Waals surface area contributed by atoms with Crippen molar-refractivity contribution in [3.8, 4) is 0 Å². The van der Waals surface area contributed by atoms with Crippen LogP contribution in [0.5, 0.6) is 0 Å². The number of aromatic nitrogens is 1. The van der Waals surface area contributed by atoms with Gasteiger partial charge in [-0.3, -0.25) is 4.98 Å². The molecule has 0 bridgehead atoms. The van der Waals surface area contributed by atoms with Gasteiger partial charge in [0.25, 0.3) is 0 Å². The molecule has 6 nitrogen and oxygen atoms in total. The molecule has 2 N–H and O–H groups in total. The number of hydrogen-bond acceptors (Lipinski definition) is 5. The highest BCUT2D eigenvalue weighted by atomic mass is 32.1. The molecule has 3 rings (SSSR count). The van der Waals surface area contributed by atoms with E-state index in [0.717, 1.165) is 42.6 Å². The molecule has 0 saturated carbocycles. The molecule has 0 unspecified atom stereocenters. The summed E-state index contributed by atoms with van der Waals surface area (Å²) in [5.74, 6) is 0. The Kier molecular flexibility index (Phi) is 4.87. The molecule has 2 heterocycles. The van der Waals surface area contributed by atoms with Gasteiger partial charge in [0.05, 0.1) is 25.3 Å². The van der Waals surface area contributed by atoms with E-state index in [9.17, 15) is 4.79 Å². The number of ether oxygens (including phenoxy) is 1. The Balaban J connectivity index is 1.56. The van der Waals surface area contributed by atoms with Gasteiger partial charge in [-0.1, -0.05) is 6.07 Å². The Morgan fingerprint density at radius 2 is 2.23 bits per heavy atom. The predicted molar refractivity (Wildman–Crippen MR) is 87.4 cm³/mol. The molecule has 1 aliphatic rings. The summed E-state index contributed by atoms with van der Waals surface area (Å²) in [7, 11) is 0. The number of nitrogens with zero attached hydrogens (tertiary/aromatic N) is 2. The second kappa shape index (κ2) is 7.24. The summed E-state index contributed by atoms with van der Waals surface area (Å²) in [6.45, 7) is 3.72. The van der Waals surface area contributed by atoms with Gasteiger partial charge < -0.3 is 20.3 Å². The first-order chi connectivity index (χ1) is 10.8. The lowest BCUT2D eigenvalue weighted by Crippen LogP contribution is -2.36. The Morgan fingerprint density at radius 3 is 3.00 bits per heavy atom. The molecule has 1 aromatic carbocycles. The topological polar surface area (TPSA) is 66.5 Å². The first-order valence-corrected chi connectivity index (χ1v) is 8.04. The van der Waals surface area contributed by atoms with E-state index < -0.39 is 0 Å². The van der Waals surface area contributed by atoms with Crippen molar-refractivity contribution in [2.75, 3.05) is 36.5 Å². The molecular weight excluding hydrogens is 300 g/mol. The lowest BCUT2D eigenvalue weighted by Gasteiger charge is -2.29. The average molecular weight is 318 g/mol. The summed E-state index contributed by atoms with van der Waals surface area (Å²) in [6, 6.07) is 7.65. The van der Waals surface area contributed by atoms with Gasteiger partial charge in [-0.15, -0.1) is 11.3 Å². The van der Waals surface area contributed by atoms with Crippen LogP contribution in [0.15, 0.2) is 36.0 Å². The highest BCUT2D eigenvalue weighted by molar-refractivity contribution is 7.09. The van der Waals surface area contributed by atoms with Crippen LogP contribution >= 0.6 is 11.3 Å². The summed E-state index contributed by atoms with van der Waals surface area (Å²) in [5.41, 5.74) is 3.63. The van der Waals surface area contributed by atoms with Gasteiger partial charge in [0.2, 0.25) is 0 Å². The predicted octanol–water partition coefficient (Wildman–Crippen LogP) is 2.30. The number of benzene rings is 1. The minimum atomic E-state index is -0.215. The zero-order valence-electron chi connectivity index (χ0n) is 12.1. The number of amides is 2. The Labute approximate surface area is 133 Å². The van der Waals surface area contributed by atoms with Crippen molar-refractivity contribution in [3.63, 3.8) is 0 Å². The first kappa shape index (κ1) is 14.8. The monoisotopic (exact) mass is 318 g/mol. The van der Waals surface area contributed by atoms with E-state index in [1.807, 2.05) is 24.3 Å². The fraction of sp³-hybridized carbons (Fsp3) is 0.333. The molecule has 116 valence electrons. The second-order valence-electron chi connectivity index (χ2n) is 4.93. The van der Waals surface area contributed by atoms with Gasteiger partial charge >= 0.3 is 6.03 Å². The van der Waals surface area contributed by atoms with Gasteiger partial charge in [-0.2, -0.15) is 0 Å². The van der Waals surface area contributed by atoms with E-state index in [0.29, 0.717) is 6.54 Å². The second-order valence-corrected chi connectivity index (χ2v) is 5.90. The highest BCUT2D eigenvalue weighted by Crippen LogP contribution is 2.20. The Morgan fingerprint density at radius 1 is 1.36 bits per heavy atom. The summed E-state index contributed by atoms with van der Waals surface area (Å²) < 4.78 is 5.36. The first-order valence-electron chi connectivity index (χ1n) is 7.16. The largest absolute Gasteiger partial charge is 0.378 e. The van der Waals surface area contributed by atoms with Crippen molar-refractivity contribution >= 4 is 28.7 Å². The van der Waals surface area contributed by atoms with Gasteiger partial charge in [-0.25, -0.2) is 4.79 Å². The van der Waals surface area contributed by atoms with Crippen molar-refractivity contribution in [2.45, 2.75) is 6.54 Å². The molecule has 2 aromatic rings. The van der Waals surface area contributed by atoms with Gasteiger partial charge in [-0.05, 0) is 18.2 Å². The molecule has 7 heteroatoms. The molecule has 0 radical (unpaired) electrons. The van der Waals surface area contributed by atoms with Crippen LogP contribution in [0.1, 0.15) is 4.88 Å². The maximum absolute atomic E-state index is 11.9. The fourth-order valence-electron chi connectivity index (χ4n) is 2.27. The lowest BCUT2D eigenvalue weighted by molar-refractivity contribution is 0.122. The van der Waals surface area contributed by atoms with Crippen LogP contribution < -0.4 is 15.5 Å². The van der Waals surface area contributed by atoms with Crippen LogP contribution in [-0.4, -0.2) is 37.3 Å². The number of nitrogens with one attached hydrogen (secondary N) is 2. The van der Waals surface area contributed by atoms with Crippen LogP contribution in [0, 0.1) is 0 Å². The highest BCUT2D eigenvalue weighted by Gasteiger charge is 2.11. The molecule has 22 heavy (non-hydrogen) atoms. The minimum absolute atomic E-state index is 0.215. The lowest BCUT2D eigenvalue weighted by atomic mass is 10.2. The molecule has 1 aromatic heterocycles. The third kappa shape index (κ3) is 3.96. The van der Waals surface area contributed by atoms with Gasteiger partial charge in [0.1, 0.15) is 0 Å². The number of hydrogen-bond donors (Lipinski definition) is 2.